The van der Waals surface area contributed by atoms with Gasteiger partial charge in [0.25, 0.3) is 0 Å². The number of hydrogen-bond acceptors (Lipinski definition) is 4. The van der Waals surface area contributed by atoms with E-state index in [9.17, 15) is 5.11 Å². The Morgan fingerprint density at radius 2 is 2.28 bits per heavy atom. The molecule has 3 aromatic rings. The lowest BCUT2D eigenvalue weighted by atomic mass is 10.1. The first kappa shape index (κ1) is 11.4. The number of hydrogen-bond donors (Lipinski definition) is 3. The van der Waals surface area contributed by atoms with E-state index in [1.54, 1.807) is 11.3 Å². The zero-order valence-electron chi connectivity index (χ0n) is 9.63. The van der Waals surface area contributed by atoms with Crippen molar-refractivity contribution in [2.75, 3.05) is 6.54 Å². The van der Waals surface area contributed by atoms with Crippen LogP contribution in [-0.2, 0) is 0 Å². The Morgan fingerprint density at radius 3 is 3.00 bits per heavy atom. The topological polar surface area (TPSA) is 74.9 Å². The van der Waals surface area contributed by atoms with Crippen LogP contribution in [0.25, 0.3) is 21.7 Å². The van der Waals surface area contributed by atoms with E-state index in [0.29, 0.717) is 0 Å². The fourth-order valence-electron chi connectivity index (χ4n) is 1.90. The molecule has 4 N–H and O–H groups in total. The Morgan fingerprint density at radius 1 is 1.39 bits per heavy atom. The molecule has 3 rings (SSSR count). The van der Waals surface area contributed by atoms with Gasteiger partial charge in [-0.25, -0.2) is 4.98 Å². The number of imidazole rings is 1. The van der Waals surface area contributed by atoms with Crippen molar-refractivity contribution in [3.05, 3.63) is 41.3 Å². The molecule has 2 aromatic heterocycles. The summed E-state index contributed by atoms with van der Waals surface area (Å²) in [6.07, 6.45) is -0.622. The fourth-order valence-corrected chi connectivity index (χ4v) is 2.57. The molecular formula is C13H13N3OS. The molecule has 0 aliphatic rings. The number of nitrogens with two attached hydrogens (primary N) is 1. The van der Waals surface area contributed by atoms with Gasteiger partial charge in [0, 0.05) is 6.54 Å². The van der Waals surface area contributed by atoms with Crippen molar-refractivity contribution in [1.29, 1.82) is 0 Å². The predicted octanol–water partition coefficient (Wildman–Crippen LogP) is 2.28. The summed E-state index contributed by atoms with van der Waals surface area (Å²) in [6.45, 7) is 0.220. The summed E-state index contributed by atoms with van der Waals surface area (Å²) in [5, 5.41) is 11.7. The van der Waals surface area contributed by atoms with E-state index in [4.69, 9.17) is 5.73 Å². The predicted molar refractivity (Wildman–Crippen MR) is 73.4 cm³/mol. The second-order valence-corrected chi connectivity index (χ2v) is 5.04. The summed E-state index contributed by atoms with van der Waals surface area (Å²) in [5.41, 5.74) is 8.08. The molecule has 0 spiro atoms. The molecule has 0 amide bonds. The molecule has 0 saturated heterocycles. The summed E-state index contributed by atoms with van der Waals surface area (Å²) in [6, 6.07) is 9.68. The number of nitrogens with zero attached hydrogens (tertiary/aromatic N) is 1. The maximum absolute atomic E-state index is 9.72. The highest BCUT2D eigenvalue weighted by Crippen LogP contribution is 2.25. The summed E-state index contributed by atoms with van der Waals surface area (Å²) < 4.78 is 0. The summed E-state index contributed by atoms with van der Waals surface area (Å²) >= 11 is 1.64. The maximum atomic E-state index is 9.72. The molecule has 4 nitrogen and oxygen atoms in total. The van der Waals surface area contributed by atoms with Crippen LogP contribution in [0.1, 0.15) is 11.7 Å². The van der Waals surface area contributed by atoms with Crippen LogP contribution in [0, 0.1) is 0 Å². The molecule has 0 fully saturated rings. The Labute approximate surface area is 108 Å². The molecule has 2 heterocycles. The lowest BCUT2D eigenvalue weighted by molar-refractivity contribution is 0.187. The second kappa shape index (κ2) is 4.53. The van der Waals surface area contributed by atoms with Gasteiger partial charge in [0.2, 0.25) is 0 Å². The average molecular weight is 259 g/mol. The number of thiophene rings is 1. The molecule has 0 aliphatic heterocycles. The van der Waals surface area contributed by atoms with Gasteiger partial charge in [0.05, 0.1) is 22.0 Å². The van der Waals surface area contributed by atoms with Gasteiger partial charge >= 0.3 is 0 Å². The van der Waals surface area contributed by atoms with Crippen LogP contribution < -0.4 is 5.73 Å². The third-order valence-electron chi connectivity index (χ3n) is 2.87. The van der Waals surface area contributed by atoms with Crippen LogP contribution in [0.15, 0.2) is 35.7 Å². The van der Waals surface area contributed by atoms with E-state index in [1.807, 2.05) is 35.7 Å². The Balaban J connectivity index is 2.07. The first-order valence-corrected chi connectivity index (χ1v) is 6.57. The van der Waals surface area contributed by atoms with Gasteiger partial charge < -0.3 is 15.8 Å². The maximum Gasteiger partial charge on any atom is 0.148 e. The van der Waals surface area contributed by atoms with Crippen molar-refractivity contribution in [3.8, 4) is 10.7 Å². The van der Waals surface area contributed by atoms with E-state index in [0.717, 1.165) is 27.3 Å². The Bertz CT molecular complexity index is 660. The minimum Gasteiger partial charge on any atom is -0.387 e. The largest absolute Gasteiger partial charge is 0.387 e. The van der Waals surface area contributed by atoms with Crippen molar-refractivity contribution >= 4 is 22.4 Å². The van der Waals surface area contributed by atoms with Crippen LogP contribution in [0.5, 0.6) is 0 Å². The summed E-state index contributed by atoms with van der Waals surface area (Å²) in [5.74, 6) is 0.861. The summed E-state index contributed by atoms with van der Waals surface area (Å²) in [4.78, 5) is 8.89. The molecule has 1 unspecified atom stereocenters. The highest BCUT2D eigenvalue weighted by Gasteiger charge is 2.09. The fraction of sp³-hybridized carbons (Fsp3) is 0.154. The van der Waals surface area contributed by atoms with E-state index in [1.165, 1.54) is 0 Å². The van der Waals surface area contributed by atoms with Crippen molar-refractivity contribution in [2.45, 2.75) is 6.10 Å². The first-order chi connectivity index (χ1) is 8.78. The second-order valence-electron chi connectivity index (χ2n) is 4.09. The molecule has 0 radical (unpaired) electrons. The molecule has 92 valence electrons. The number of aromatic amines is 1. The number of fused-ring (bicyclic) bond motifs is 1. The van der Waals surface area contributed by atoms with Gasteiger partial charge in [0.1, 0.15) is 5.82 Å². The quantitative estimate of drug-likeness (QED) is 0.675. The molecule has 0 aliphatic carbocycles. The standard InChI is InChI=1S/C13H13N3OS/c14-7-11(17)8-3-4-9-10(6-8)16-13(15-9)12-2-1-5-18-12/h1-6,11,17H,7,14H2,(H,15,16). The molecule has 1 atom stereocenters. The van der Waals surface area contributed by atoms with Crippen molar-refractivity contribution in [2.24, 2.45) is 5.73 Å². The van der Waals surface area contributed by atoms with Gasteiger partial charge in [-0.15, -0.1) is 11.3 Å². The van der Waals surface area contributed by atoms with Crippen LogP contribution >= 0.6 is 11.3 Å². The zero-order chi connectivity index (χ0) is 12.5. The third kappa shape index (κ3) is 1.92. The molecule has 0 bridgehead atoms. The first-order valence-electron chi connectivity index (χ1n) is 5.69. The molecule has 5 heteroatoms. The van der Waals surface area contributed by atoms with Crippen molar-refractivity contribution in [1.82, 2.24) is 9.97 Å². The van der Waals surface area contributed by atoms with E-state index >= 15 is 0 Å². The van der Waals surface area contributed by atoms with Gasteiger partial charge in [-0.2, -0.15) is 0 Å². The van der Waals surface area contributed by atoms with Crippen molar-refractivity contribution in [3.63, 3.8) is 0 Å². The number of aromatic nitrogens is 2. The lowest BCUT2D eigenvalue weighted by Gasteiger charge is -2.06. The highest BCUT2D eigenvalue weighted by atomic mass is 32.1. The SMILES string of the molecule is NCC(O)c1ccc2nc(-c3cccs3)[nH]c2c1. The average Bonchev–Trinajstić information content (AvgIpc) is 3.04. The Hall–Kier alpha value is -1.69. The normalized spacial score (nSPS) is 13.0. The molecule has 18 heavy (non-hydrogen) atoms. The van der Waals surface area contributed by atoms with Crippen LogP contribution in [0.3, 0.4) is 0 Å². The lowest BCUT2D eigenvalue weighted by Crippen LogP contribution is -2.11. The van der Waals surface area contributed by atoms with E-state index < -0.39 is 6.10 Å². The Kier molecular flexibility index (Phi) is 2.87. The highest BCUT2D eigenvalue weighted by molar-refractivity contribution is 7.13. The number of benzene rings is 1. The van der Waals surface area contributed by atoms with E-state index in [-0.39, 0.29) is 6.54 Å². The van der Waals surface area contributed by atoms with E-state index in [2.05, 4.69) is 9.97 Å². The van der Waals surface area contributed by atoms with Crippen LogP contribution in [0.2, 0.25) is 0 Å². The smallest absolute Gasteiger partial charge is 0.148 e. The molecule has 0 saturated carbocycles. The molecular weight excluding hydrogens is 246 g/mol. The minimum atomic E-state index is -0.622. The summed E-state index contributed by atoms with van der Waals surface area (Å²) in [7, 11) is 0. The van der Waals surface area contributed by atoms with Crippen LogP contribution in [-0.4, -0.2) is 21.6 Å². The monoisotopic (exact) mass is 259 g/mol. The number of aliphatic hydroxyl groups is 1. The van der Waals surface area contributed by atoms with Crippen LogP contribution in [0.4, 0.5) is 0 Å². The number of H-pyrrole nitrogens is 1. The van der Waals surface area contributed by atoms with Gasteiger partial charge in [-0.1, -0.05) is 12.1 Å². The zero-order valence-corrected chi connectivity index (χ0v) is 10.4. The van der Waals surface area contributed by atoms with Gasteiger partial charge in [-0.3, -0.25) is 0 Å². The number of rotatable bonds is 3. The van der Waals surface area contributed by atoms with Gasteiger partial charge in [0.15, 0.2) is 0 Å². The minimum absolute atomic E-state index is 0.220. The third-order valence-corrected chi connectivity index (χ3v) is 3.75. The number of nitrogens with one attached hydrogen (secondary N) is 1. The molecule has 1 aromatic carbocycles. The van der Waals surface area contributed by atoms with Crippen molar-refractivity contribution < 1.29 is 5.11 Å². The number of aliphatic hydroxyl groups excluding tert-OH is 1. The van der Waals surface area contributed by atoms with Gasteiger partial charge in [-0.05, 0) is 29.1 Å².